The second-order valence-electron chi connectivity index (χ2n) is 5.26. The molecule has 0 spiro atoms. The minimum absolute atomic E-state index is 0.000139. The van der Waals surface area contributed by atoms with E-state index in [2.05, 4.69) is 20.5 Å². The first-order valence-electron chi connectivity index (χ1n) is 7.06. The van der Waals surface area contributed by atoms with E-state index in [1.54, 1.807) is 0 Å². The van der Waals surface area contributed by atoms with Crippen LogP contribution >= 0.6 is 0 Å². The summed E-state index contributed by atoms with van der Waals surface area (Å²) >= 11 is 0. The third-order valence-electron chi connectivity index (χ3n) is 3.97. The molecule has 1 aliphatic rings. The van der Waals surface area contributed by atoms with Gasteiger partial charge in [-0.15, -0.1) is 0 Å². The predicted molar refractivity (Wildman–Crippen MR) is 76.2 cm³/mol. The summed E-state index contributed by atoms with van der Waals surface area (Å²) in [5.41, 5.74) is 1.08. The fourth-order valence-corrected chi connectivity index (χ4v) is 3.05. The number of H-pyrrole nitrogens is 1. The van der Waals surface area contributed by atoms with Crippen LogP contribution in [0.25, 0.3) is 0 Å². The van der Waals surface area contributed by atoms with E-state index in [4.69, 9.17) is 0 Å². The molecule has 20 heavy (non-hydrogen) atoms. The monoisotopic (exact) mass is 270 g/mol. The number of rotatable bonds is 4. The first-order valence-corrected chi connectivity index (χ1v) is 7.06. The molecule has 0 radical (unpaired) electrons. The van der Waals surface area contributed by atoms with Gasteiger partial charge in [0, 0.05) is 0 Å². The van der Waals surface area contributed by atoms with E-state index in [1.807, 2.05) is 30.3 Å². The van der Waals surface area contributed by atoms with Gasteiger partial charge in [-0.1, -0.05) is 43.2 Å². The van der Waals surface area contributed by atoms with Gasteiger partial charge in [0.05, 0.1) is 5.92 Å². The average Bonchev–Trinajstić information content (AvgIpc) is 3.14. The summed E-state index contributed by atoms with van der Waals surface area (Å²) in [6.07, 6.45) is 6.04. The highest BCUT2D eigenvalue weighted by atomic mass is 16.2. The van der Waals surface area contributed by atoms with Crippen molar-refractivity contribution < 1.29 is 4.79 Å². The minimum atomic E-state index is -0.108. The van der Waals surface area contributed by atoms with Crippen molar-refractivity contribution in [1.29, 1.82) is 0 Å². The molecule has 0 saturated heterocycles. The summed E-state index contributed by atoms with van der Waals surface area (Å²) in [6.45, 7) is 0. The van der Waals surface area contributed by atoms with Gasteiger partial charge in [0.25, 0.3) is 0 Å². The van der Waals surface area contributed by atoms with Crippen LogP contribution in [0.15, 0.2) is 36.7 Å². The maximum Gasteiger partial charge on any atom is 0.234 e. The largest absolute Gasteiger partial charge is 0.294 e. The molecule has 1 saturated carbocycles. The highest BCUT2D eigenvalue weighted by Crippen LogP contribution is 2.37. The van der Waals surface area contributed by atoms with Crippen molar-refractivity contribution in [2.45, 2.75) is 31.6 Å². The Morgan fingerprint density at radius 1 is 1.25 bits per heavy atom. The smallest absolute Gasteiger partial charge is 0.234 e. The van der Waals surface area contributed by atoms with Gasteiger partial charge in [-0.25, -0.2) is 5.10 Å². The molecule has 1 unspecified atom stereocenters. The van der Waals surface area contributed by atoms with Crippen molar-refractivity contribution in [3.05, 3.63) is 42.2 Å². The number of hydrogen-bond donors (Lipinski definition) is 2. The Morgan fingerprint density at radius 2 is 2.00 bits per heavy atom. The van der Waals surface area contributed by atoms with Crippen molar-refractivity contribution in [3.63, 3.8) is 0 Å². The van der Waals surface area contributed by atoms with E-state index in [-0.39, 0.29) is 11.8 Å². The van der Waals surface area contributed by atoms with Crippen molar-refractivity contribution in [3.8, 4) is 0 Å². The Bertz CT molecular complexity index is 547. The lowest BCUT2D eigenvalue weighted by molar-refractivity contribution is -0.118. The highest BCUT2D eigenvalue weighted by molar-refractivity contribution is 5.94. The van der Waals surface area contributed by atoms with E-state index in [0.717, 1.165) is 18.4 Å². The number of hydrogen-bond acceptors (Lipinski definition) is 3. The zero-order valence-electron chi connectivity index (χ0n) is 11.2. The second-order valence-corrected chi connectivity index (χ2v) is 5.26. The number of nitrogens with zero attached hydrogens (tertiary/aromatic N) is 2. The molecule has 2 N–H and O–H groups in total. The summed E-state index contributed by atoms with van der Waals surface area (Å²) < 4.78 is 0. The van der Waals surface area contributed by atoms with Crippen LogP contribution in [-0.4, -0.2) is 21.1 Å². The van der Waals surface area contributed by atoms with E-state index in [1.165, 1.54) is 19.2 Å². The zero-order valence-corrected chi connectivity index (χ0v) is 11.2. The number of benzene rings is 1. The average molecular weight is 270 g/mol. The van der Waals surface area contributed by atoms with Crippen LogP contribution < -0.4 is 5.32 Å². The summed E-state index contributed by atoms with van der Waals surface area (Å²) in [5, 5.41) is 9.26. The zero-order chi connectivity index (χ0) is 13.8. The van der Waals surface area contributed by atoms with Gasteiger partial charge in [-0.3, -0.25) is 10.1 Å². The molecular weight excluding hydrogens is 252 g/mol. The van der Waals surface area contributed by atoms with Gasteiger partial charge in [-0.2, -0.15) is 10.1 Å². The van der Waals surface area contributed by atoms with E-state index >= 15 is 0 Å². The molecular formula is C15H18N4O. The van der Waals surface area contributed by atoms with Crippen LogP contribution in [0.5, 0.6) is 0 Å². The minimum Gasteiger partial charge on any atom is -0.294 e. The summed E-state index contributed by atoms with van der Waals surface area (Å²) in [4.78, 5) is 16.6. The maximum absolute atomic E-state index is 12.6. The first kappa shape index (κ1) is 12.8. The van der Waals surface area contributed by atoms with Crippen LogP contribution in [-0.2, 0) is 4.79 Å². The predicted octanol–water partition coefficient (Wildman–Crippen LogP) is 2.72. The van der Waals surface area contributed by atoms with Crippen molar-refractivity contribution in [2.75, 3.05) is 5.32 Å². The molecule has 1 atom stereocenters. The van der Waals surface area contributed by atoms with Crippen LogP contribution in [0.3, 0.4) is 0 Å². The first-order chi connectivity index (χ1) is 9.84. The van der Waals surface area contributed by atoms with Crippen molar-refractivity contribution >= 4 is 11.9 Å². The molecule has 1 heterocycles. The van der Waals surface area contributed by atoms with E-state index < -0.39 is 0 Å². The molecule has 1 amide bonds. The molecule has 5 nitrogen and oxygen atoms in total. The van der Waals surface area contributed by atoms with Crippen LogP contribution in [0, 0.1) is 5.92 Å². The SMILES string of the molecule is O=C(Nc1ncn[nH]1)C(c1ccccc1)C1CCCC1. The summed E-state index contributed by atoms with van der Waals surface area (Å²) in [6, 6.07) is 10.0. The number of aromatic nitrogens is 3. The fourth-order valence-electron chi connectivity index (χ4n) is 3.05. The molecule has 1 aromatic heterocycles. The van der Waals surface area contributed by atoms with Crippen LogP contribution in [0.4, 0.5) is 5.95 Å². The van der Waals surface area contributed by atoms with Gasteiger partial charge in [-0.05, 0) is 24.3 Å². The Kier molecular flexibility index (Phi) is 3.76. The van der Waals surface area contributed by atoms with E-state index in [0.29, 0.717) is 11.9 Å². The second kappa shape index (κ2) is 5.86. The number of carbonyl (C=O) groups is 1. The van der Waals surface area contributed by atoms with Gasteiger partial charge < -0.3 is 0 Å². The van der Waals surface area contributed by atoms with Gasteiger partial charge in [0.15, 0.2) is 0 Å². The standard InChI is InChI=1S/C15H18N4O/c20-14(18-15-16-10-17-19-15)13(12-8-4-5-9-12)11-6-2-1-3-7-11/h1-3,6-7,10,12-13H,4-5,8-9H2,(H2,16,17,18,19,20). The van der Waals surface area contributed by atoms with Gasteiger partial charge in [0.2, 0.25) is 11.9 Å². The van der Waals surface area contributed by atoms with Gasteiger partial charge >= 0.3 is 0 Å². The number of carbonyl (C=O) groups excluding carboxylic acids is 1. The van der Waals surface area contributed by atoms with E-state index in [9.17, 15) is 4.79 Å². The molecule has 3 rings (SSSR count). The number of amides is 1. The lowest BCUT2D eigenvalue weighted by Crippen LogP contribution is -2.27. The normalized spacial score (nSPS) is 17.0. The third kappa shape index (κ3) is 2.71. The lowest BCUT2D eigenvalue weighted by atomic mass is 9.84. The molecule has 1 aromatic carbocycles. The van der Waals surface area contributed by atoms with Crippen LogP contribution in [0.1, 0.15) is 37.2 Å². The lowest BCUT2D eigenvalue weighted by Gasteiger charge is -2.22. The molecule has 1 fully saturated rings. The van der Waals surface area contributed by atoms with Gasteiger partial charge in [0.1, 0.15) is 6.33 Å². The molecule has 0 aliphatic heterocycles. The number of anilines is 1. The quantitative estimate of drug-likeness (QED) is 0.897. The summed E-state index contributed by atoms with van der Waals surface area (Å²) in [7, 11) is 0. The highest BCUT2D eigenvalue weighted by Gasteiger charge is 2.32. The Morgan fingerprint density at radius 3 is 2.65 bits per heavy atom. The molecule has 1 aliphatic carbocycles. The fraction of sp³-hybridized carbons (Fsp3) is 0.400. The summed E-state index contributed by atoms with van der Waals surface area (Å²) in [5.74, 6) is 0.720. The third-order valence-corrected chi connectivity index (χ3v) is 3.97. The molecule has 5 heteroatoms. The topological polar surface area (TPSA) is 70.7 Å². The maximum atomic E-state index is 12.6. The van der Waals surface area contributed by atoms with Crippen molar-refractivity contribution in [1.82, 2.24) is 15.2 Å². The Hall–Kier alpha value is -2.17. The molecule has 2 aromatic rings. The molecule has 0 bridgehead atoms. The Balaban J connectivity index is 1.83. The molecule has 104 valence electrons. The number of aromatic amines is 1. The van der Waals surface area contributed by atoms with Crippen LogP contribution in [0.2, 0.25) is 0 Å². The number of nitrogens with one attached hydrogen (secondary N) is 2. The van der Waals surface area contributed by atoms with Crippen molar-refractivity contribution in [2.24, 2.45) is 5.92 Å². The Labute approximate surface area is 117 Å².